The Labute approximate surface area is 204 Å². The highest BCUT2D eigenvalue weighted by Crippen LogP contribution is 2.34. The molecule has 0 fully saturated rings. The van der Waals surface area contributed by atoms with Crippen molar-refractivity contribution in [2.75, 3.05) is 29.4 Å². The van der Waals surface area contributed by atoms with Crippen LogP contribution < -0.4 is 19.1 Å². The smallest absolute Gasteiger partial charge is 0.264 e. The Balaban J connectivity index is 1.67. The quantitative estimate of drug-likeness (QED) is 0.438. The van der Waals surface area contributed by atoms with Crippen LogP contribution in [0.25, 0.3) is 0 Å². The van der Waals surface area contributed by atoms with Crippen molar-refractivity contribution in [3.8, 4) is 11.5 Å². The van der Waals surface area contributed by atoms with Gasteiger partial charge in [-0.3, -0.25) is 9.10 Å². The van der Waals surface area contributed by atoms with Crippen molar-refractivity contribution >= 4 is 49.9 Å². The molecule has 1 aliphatic rings. The van der Waals surface area contributed by atoms with Gasteiger partial charge < -0.3 is 14.8 Å². The molecule has 1 amide bonds. The van der Waals surface area contributed by atoms with Gasteiger partial charge in [-0.1, -0.05) is 0 Å². The van der Waals surface area contributed by atoms with Gasteiger partial charge in [-0.25, -0.2) is 12.8 Å². The van der Waals surface area contributed by atoms with E-state index in [2.05, 4.69) is 27.9 Å². The van der Waals surface area contributed by atoms with Crippen molar-refractivity contribution in [1.29, 1.82) is 0 Å². The van der Waals surface area contributed by atoms with Crippen LogP contribution in [-0.4, -0.2) is 34.1 Å². The van der Waals surface area contributed by atoms with Crippen LogP contribution in [0.5, 0.6) is 11.5 Å². The van der Waals surface area contributed by atoms with Crippen LogP contribution in [0.4, 0.5) is 15.8 Å². The Kier molecular flexibility index (Phi) is 6.75. The van der Waals surface area contributed by atoms with Gasteiger partial charge in [0, 0.05) is 15.3 Å². The van der Waals surface area contributed by atoms with E-state index in [-0.39, 0.29) is 10.6 Å². The lowest BCUT2D eigenvalue weighted by molar-refractivity contribution is -0.114. The number of rotatable bonds is 6. The normalized spacial score (nSPS) is 12.8. The van der Waals surface area contributed by atoms with Crippen molar-refractivity contribution in [2.45, 2.75) is 11.8 Å². The van der Waals surface area contributed by atoms with Gasteiger partial charge in [-0.15, -0.1) is 0 Å². The molecule has 0 spiro atoms. The third kappa shape index (κ3) is 5.22. The molecule has 3 aromatic carbocycles. The molecule has 10 heteroatoms. The fraction of sp³-hybridized carbons (Fsp3) is 0.174. The van der Waals surface area contributed by atoms with E-state index in [0.29, 0.717) is 30.4 Å². The van der Waals surface area contributed by atoms with Crippen LogP contribution in [0, 0.1) is 16.3 Å². The molecule has 0 bridgehead atoms. The first-order chi connectivity index (χ1) is 15.7. The van der Waals surface area contributed by atoms with Gasteiger partial charge in [0.25, 0.3) is 10.0 Å². The van der Waals surface area contributed by atoms with Crippen LogP contribution in [0.1, 0.15) is 5.56 Å². The Bertz CT molecular complexity index is 1300. The number of sulfonamides is 1. The third-order valence-corrected chi connectivity index (χ3v) is 7.41. The first kappa shape index (κ1) is 23.3. The Hall–Kier alpha value is -2.86. The first-order valence-corrected chi connectivity index (χ1v) is 12.5. The number of carbonyl (C=O) groups excluding carboxylic acids is 1. The van der Waals surface area contributed by atoms with Gasteiger partial charge in [0.1, 0.15) is 25.6 Å². The molecule has 0 atom stereocenters. The average molecular weight is 582 g/mol. The summed E-state index contributed by atoms with van der Waals surface area (Å²) >= 11 is 2.17. The van der Waals surface area contributed by atoms with Crippen LogP contribution in [0.3, 0.4) is 0 Å². The van der Waals surface area contributed by atoms with Gasteiger partial charge in [0.2, 0.25) is 5.91 Å². The largest absolute Gasteiger partial charge is 0.486 e. The van der Waals surface area contributed by atoms with E-state index in [1.165, 1.54) is 30.3 Å². The van der Waals surface area contributed by atoms with E-state index in [1.54, 1.807) is 6.07 Å². The molecule has 0 radical (unpaired) electrons. The van der Waals surface area contributed by atoms with Crippen molar-refractivity contribution < 1.29 is 27.1 Å². The maximum absolute atomic E-state index is 13.6. The summed E-state index contributed by atoms with van der Waals surface area (Å²) in [5.41, 5.74) is 1.58. The fourth-order valence-electron chi connectivity index (χ4n) is 3.32. The maximum Gasteiger partial charge on any atom is 0.264 e. The number of hydrogen-bond acceptors (Lipinski definition) is 5. The number of anilines is 2. The SMILES string of the molecule is Cc1cc(I)ccc1NC(=O)CN(c1ccc(F)cc1)S(=O)(=O)c1ccc2c(c1)OCCO2. The minimum Gasteiger partial charge on any atom is -0.486 e. The van der Waals surface area contributed by atoms with Crippen LogP contribution >= 0.6 is 22.6 Å². The van der Waals surface area contributed by atoms with Crippen LogP contribution in [0.15, 0.2) is 65.6 Å². The molecule has 1 aliphatic heterocycles. The zero-order chi connectivity index (χ0) is 23.6. The summed E-state index contributed by atoms with van der Waals surface area (Å²) in [6, 6.07) is 14.7. The summed E-state index contributed by atoms with van der Waals surface area (Å²) in [4.78, 5) is 12.8. The molecule has 1 N–H and O–H groups in total. The lowest BCUT2D eigenvalue weighted by atomic mass is 10.2. The van der Waals surface area contributed by atoms with Gasteiger partial charge in [0.15, 0.2) is 11.5 Å². The van der Waals surface area contributed by atoms with Gasteiger partial charge in [-0.05, 0) is 89.7 Å². The standard InChI is InChI=1S/C23H20FIN2O5S/c1-15-12-17(25)4-8-20(15)26-23(28)14-27(18-5-2-16(24)3-6-18)33(29,30)19-7-9-21-22(13-19)32-11-10-31-21/h2-9,12-13H,10-11,14H2,1H3,(H,26,28). The Morgan fingerprint density at radius 2 is 1.73 bits per heavy atom. The average Bonchev–Trinajstić information content (AvgIpc) is 2.79. The number of nitrogens with zero attached hydrogens (tertiary/aromatic N) is 1. The second-order valence-corrected chi connectivity index (χ2v) is 10.4. The van der Waals surface area contributed by atoms with E-state index in [0.717, 1.165) is 25.6 Å². The highest BCUT2D eigenvalue weighted by Gasteiger charge is 2.29. The molecule has 0 aliphatic carbocycles. The van der Waals surface area contributed by atoms with E-state index in [1.807, 2.05) is 19.1 Å². The molecule has 0 saturated heterocycles. The summed E-state index contributed by atoms with van der Waals surface area (Å²) in [6.07, 6.45) is 0. The number of nitrogens with one attached hydrogen (secondary N) is 1. The number of amides is 1. The number of carbonyl (C=O) groups is 1. The number of benzene rings is 3. The van der Waals surface area contributed by atoms with Gasteiger partial charge >= 0.3 is 0 Å². The molecule has 0 saturated carbocycles. The zero-order valence-corrected chi connectivity index (χ0v) is 20.5. The molecular formula is C23H20FIN2O5S. The lowest BCUT2D eigenvalue weighted by Gasteiger charge is -2.25. The van der Waals surface area contributed by atoms with Crippen LogP contribution in [0.2, 0.25) is 0 Å². The number of halogens is 2. The monoisotopic (exact) mass is 582 g/mol. The van der Waals surface area contributed by atoms with E-state index in [9.17, 15) is 17.6 Å². The van der Waals surface area contributed by atoms with Crippen molar-refractivity contribution in [3.05, 3.63) is 75.6 Å². The highest BCUT2D eigenvalue weighted by molar-refractivity contribution is 14.1. The Morgan fingerprint density at radius 1 is 1.03 bits per heavy atom. The summed E-state index contributed by atoms with van der Waals surface area (Å²) in [5.74, 6) is -0.306. The minimum absolute atomic E-state index is 0.0747. The summed E-state index contributed by atoms with van der Waals surface area (Å²) < 4.78 is 53.5. The molecular weight excluding hydrogens is 562 g/mol. The molecule has 172 valence electrons. The lowest BCUT2D eigenvalue weighted by Crippen LogP contribution is -2.38. The number of aryl methyl sites for hydroxylation is 1. The topological polar surface area (TPSA) is 84.9 Å². The van der Waals surface area contributed by atoms with Crippen molar-refractivity contribution in [1.82, 2.24) is 0 Å². The predicted molar refractivity (Wildman–Crippen MR) is 131 cm³/mol. The minimum atomic E-state index is -4.19. The molecule has 33 heavy (non-hydrogen) atoms. The zero-order valence-electron chi connectivity index (χ0n) is 17.5. The second-order valence-electron chi connectivity index (χ2n) is 7.30. The van der Waals surface area contributed by atoms with Crippen molar-refractivity contribution in [2.24, 2.45) is 0 Å². The molecule has 0 unspecified atom stereocenters. The molecule has 7 nitrogen and oxygen atoms in total. The fourth-order valence-corrected chi connectivity index (χ4v) is 5.41. The molecule has 4 rings (SSSR count). The highest BCUT2D eigenvalue weighted by atomic mass is 127. The molecule has 3 aromatic rings. The summed E-state index contributed by atoms with van der Waals surface area (Å²) in [5, 5.41) is 2.76. The van der Waals surface area contributed by atoms with E-state index < -0.39 is 28.3 Å². The van der Waals surface area contributed by atoms with Gasteiger partial charge in [-0.2, -0.15) is 0 Å². The number of ether oxygens (including phenoxy) is 2. The summed E-state index contributed by atoms with van der Waals surface area (Å²) in [6.45, 7) is 2.02. The van der Waals surface area contributed by atoms with E-state index >= 15 is 0 Å². The van der Waals surface area contributed by atoms with Crippen molar-refractivity contribution in [3.63, 3.8) is 0 Å². The summed E-state index contributed by atoms with van der Waals surface area (Å²) in [7, 11) is -4.19. The second kappa shape index (κ2) is 9.56. The maximum atomic E-state index is 13.6. The Morgan fingerprint density at radius 3 is 2.42 bits per heavy atom. The number of hydrogen-bond donors (Lipinski definition) is 1. The third-order valence-electron chi connectivity index (χ3n) is 4.97. The van der Waals surface area contributed by atoms with Gasteiger partial charge in [0.05, 0.1) is 10.6 Å². The van der Waals surface area contributed by atoms with E-state index in [4.69, 9.17) is 9.47 Å². The first-order valence-electron chi connectivity index (χ1n) is 9.98. The predicted octanol–water partition coefficient (Wildman–Crippen LogP) is 4.34. The van der Waals surface area contributed by atoms with Crippen LogP contribution in [-0.2, 0) is 14.8 Å². The molecule has 0 aromatic heterocycles. The number of fused-ring (bicyclic) bond motifs is 1. The molecule has 1 heterocycles.